The van der Waals surface area contributed by atoms with E-state index in [1.54, 1.807) is 0 Å². The summed E-state index contributed by atoms with van der Waals surface area (Å²) in [4.78, 5) is 0. The quantitative estimate of drug-likeness (QED) is 0.0378. The molecule has 2 unspecified atom stereocenters. The van der Waals surface area contributed by atoms with Crippen LogP contribution in [0.15, 0.2) is 24.3 Å². The van der Waals surface area contributed by atoms with Gasteiger partial charge in [0.15, 0.2) is 0 Å². The molecule has 1 fully saturated rings. The van der Waals surface area contributed by atoms with E-state index in [1.807, 2.05) is 0 Å². The van der Waals surface area contributed by atoms with Crippen LogP contribution in [0.3, 0.4) is 0 Å². The van der Waals surface area contributed by atoms with E-state index in [1.165, 1.54) is 205 Å². The van der Waals surface area contributed by atoms with Crippen LogP contribution < -0.4 is 0 Å². The fourth-order valence-electron chi connectivity index (χ4n) is 6.75. The van der Waals surface area contributed by atoms with Gasteiger partial charge in [-0.25, -0.2) is 0 Å². The zero-order valence-electron chi connectivity index (χ0n) is 37.5. The molecule has 1 rings (SSSR count). The van der Waals surface area contributed by atoms with Crippen molar-refractivity contribution in [3.8, 4) is 0 Å². The minimum atomic E-state index is -0.482. The molecule has 1 heterocycles. The number of unbranched alkanes of at least 4 members (excludes halogenated alkanes) is 29. The Hall–Kier alpha value is -0.720. The molecule has 0 aromatic carbocycles. The van der Waals surface area contributed by atoms with Crippen LogP contribution in [0.5, 0.6) is 0 Å². The summed E-state index contributed by atoms with van der Waals surface area (Å²) in [7, 11) is 0. The normalized spacial score (nSPS) is 14.3. The lowest BCUT2D eigenvalue weighted by atomic mass is 10.1. The topological polar surface area (TPSA) is 60.5 Å². The molecule has 0 aromatic heterocycles. The molecule has 0 saturated carbocycles. The number of hydrogen-bond acceptors (Lipinski definition) is 5. The van der Waals surface area contributed by atoms with Crippen LogP contribution >= 0.6 is 0 Å². The van der Waals surface area contributed by atoms with Gasteiger partial charge in [-0.1, -0.05) is 200 Å². The third kappa shape index (κ3) is 53.3. The maximum atomic E-state index is 9.90. The molecular formula is C51H102O5. The maximum absolute atomic E-state index is 9.90. The summed E-state index contributed by atoms with van der Waals surface area (Å²) in [6.45, 7) is 11.8. The van der Waals surface area contributed by atoms with Gasteiger partial charge in [0.25, 0.3) is 0 Å². The molecule has 0 aromatic rings. The first kappa shape index (κ1) is 57.4. The average molecular weight is 795 g/mol. The molecule has 5 nitrogen and oxygen atoms in total. The van der Waals surface area contributed by atoms with E-state index in [-0.39, 0.29) is 7.43 Å². The first-order valence-corrected chi connectivity index (χ1v) is 24.6. The Bertz CT molecular complexity index is 736. The molecule has 0 amide bonds. The predicted octanol–water partition coefficient (Wildman–Crippen LogP) is 15.9. The third-order valence-corrected chi connectivity index (χ3v) is 10.6. The van der Waals surface area contributed by atoms with E-state index >= 15 is 0 Å². The van der Waals surface area contributed by atoms with Crippen LogP contribution in [-0.2, 0) is 18.9 Å². The summed E-state index contributed by atoms with van der Waals surface area (Å²) in [5, 5.41) is 9.90. The number of hydrogen-bond donors (Lipinski definition) is 1. The van der Waals surface area contributed by atoms with Gasteiger partial charge in [0, 0.05) is 19.8 Å². The Morgan fingerprint density at radius 3 is 1.00 bits per heavy atom. The van der Waals surface area contributed by atoms with Gasteiger partial charge >= 0.3 is 0 Å². The van der Waals surface area contributed by atoms with E-state index in [0.29, 0.717) is 19.3 Å². The minimum Gasteiger partial charge on any atom is -0.388 e. The standard InChI is InChI=1S/C29H58O3.C21H40O2.CH4/c1-3-5-7-9-11-12-13-14-15-16-17-18-19-20-22-24-26-32-28-29(30)27-31-25-23-21-10-8-6-4-2;1-2-3-4-5-6-7-8-9-10-11-12-13-14-15-16-17-18-22-19-21-20-23-21;/h14-15,29-30H,3-13,16-28H2,1-2H3;9-10,21H,2-8,11-20H2,1H3;1H4/b15-14-;10-9-;. The van der Waals surface area contributed by atoms with E-state index < -0.39 is 6.10 Å². The number of allylic oxidation sites excluding steroid dienone is 4. The highest BCUT2D eigenvalue weighted by atomic mass is 16.6. The average Bonchev–Trinajstić information content (AvgIpc) is 4.03. The highest BCUT2D eigenvalue weighted by molar-refractivity contribution is 4.82. The van der Waals surface area contributed by atoms with Crippen LogP contribution in [0.2, 0.25) is 0 Å². The fraction of sp³-hybridized carbons (Fsp3) is 0.922. The first-order valence-electron chi connectivity index (χ1n) is 24.6. The van der Waals surface area contributed by atoms with Crippen molar-refractivity contribution in [3.05, 3.63) is 24.3 Å². The van der Waals surface area contributed by atoms with Crippen molar-refractivity contribution < 1.29 is 24.1 Å². The molecule has 336 valence electrons. The monoisotopic (exact) mass is 795 g/mol. The van der Waals surface area contributed by atoms with Crippen molar-refractivity contribution in [1.29, 1.82) is 0 Å². The molecule has 1 saturated heterocycles. The largest absolute Gasteiger partial charge is 0.388 e. The lowest BCUT2D eigenvalue weighted by molar-refractivity contribution is -0.0201. The van der Waals surface area contributed by atoms with Gasteiger partial charge in [0.05, 0.1) is 26.4 Å². The van der Waals surface area contributed by atoms with Crippen molar-refractivity contribution in [2.24, 2.45) is 0 Å². The second-order valence-corrected chi connectivity index (χ2v) is 16.5. The Labute approximate surface area is 352 Å². The Balaban J connectivity index is 0. The van der Waals surface area contributed by atoms with Crippen molar-refractivity contribution in [2.45, 2.75) is 259 Å². The third-order valence-electron chi connectivity index (χ3n) is 10.6. The molecule has 5 heteroatoms. The number of ether oxygens (including phenoxy) is 4. The van der Waals surface area contributed by atoms with Gasteiger partial charge in [-0.05, 0) is 70.6 Å². The zero-order chi connectivity index (χ0) is 39.8. The van der Waals surface area contributed by atoms with Gasteiger partial charge in [-0.3, -0.25) is 0 Å². The zero-order valence-corrected chi connectivity index (χ0v) is 37.5. The minimum absolute atomic E-state index is 0. The predicted molar refractivity (Wildman–Crippen MR) is 247 cm³/mol. The fourth-order valence-corrected chi connectivity index (χ4v) is 6.75. The Morgan fingerprint density at radius 2 is 0.696 bits per heavy atom. The van der Waals surface area contributed by atoms with E-state index in [4.69, 9.17) is 18.9 Å². The lowest BCUT2D eigenvalue weighted by Crippen LogP contribution is -2.22. The second-order valence-electron chi connectivity index (χ2n) is 16.5. The molecule has 1 aliphatic rings. The Morgan fingerprint density at radius 1 is 0.429 bits per heavy atom. The number of aliphatic hydroxyl groups excluding tert-OH is 1. The highest BCUT2D eigenvalue weighted by Gasteiger charge is 2.21. The first-order chi connectivity index (χ1) is 27.2. The molecule has 0 bridgehead atoms. The SMILES string of the molecule is C.CCCCCCCC/C=C\CCCCCCCCOCC(O)COCCCCCCCC.CCCCCCCC/C=C\CCCCCCCCOCC1CO1. The van der Waals surface area contributed by atoms with Crippen LogP contribution in [0, 0.1) is 0 Å². The summed E-state index contributed by atoms with van der Waals surface area (Å²) in [6.07, 6.45) is 54.7. The van der Waals surface area contributed by atoms with E-state index in [2.05, 4.69) is 45.1 Å². The Kier molecular flexibility index (Phi) is 53.6. The van der Waals surface area contributed by atoms with Crippen molar-refractivity contribution in [2.75, 3.05) is 46.2 Å². The van der Waals surface area contributed by atoms with Gasteiger partial charge < -0.3 is 24.1 Å². The number of epoxide rings is 1. The highest BCUT2D eigenvalue weighted by Crippen LogP contribution is 2.13. The molecule has 56 heavy (non-hydrogen) atoms. The number of rotatable bonds is 45. The summed E-state index contributed by atoms with van der Waals surface area (Å²) in [6, 6.07) is 0. The molecule has 2 atom stereocenters. The summed E-state index contributed by atoms with van der Waals surface area (Å²) in [5.74, 6) is 0. The van der Waals surface area contributed by atoms with Crippen molar-refractivity contribution in [3.63, 3.8) is 0 Å². The molecule has 0 radical (unpaired) electrons. The molecule has 1 N–H and O–H groups in total. The van der Waals surface area contributed by atoms with Gasteiger partial charge in [0.1, 0.15) is 12.2 Å². The van der Waals surface area contributed by atoms with E-state index in [0.717, 1.165) is 45.9 Å². The maximum Gasteiger partial charge on any atom is 0.104 e. The molecule has 0 aliphatic carbocycles. The summed E-state index contributed by atoms with van der Waals surface area (Å²) < 4.78 is 21.8. The smallest absolute Gasteiger partial charge is 0.104 e. The summed E-state index contributed by atoms with van der Waals surface area (Å²) >= 11 is 0. The molecule has 1 aliphatic heterocycles. The van der Waals surface area contributed by atoms with Crippen molar-refractivity contribution >= 4 is 0 Å². The molecular weight excluding hydrogens is 693 g/mol. The number of aliphatic hydroxyl groups is 1. The molecule has 0 spiro atoms. The van der Waals surface area contributed by atoms with Crippen LogP contribution in [0.4, 0.5) is 0 Å². The van der Waals surface area contributed by atoms with Gasteiger partial charge in [0.2, 0.25) is 0 Å². The lowest BCUT2D eigenvalue weighted by Gasteiger charge is -2.12. The van der Waals surface area contributed by atoms with Gasteiger partial charge in [-0.2, -0.15) is 0 Å². The van der Waals surface area contributed by atoms with Crippen LogP contribution in [0.25, 0.3) is 0 Å². The van der Waals surface area contributed by atoms with Crippen LogP contribution in [0.1, 0.15) is 247 Å². The van der Waals surface area contributed by atoms with Crippen LogP contribution in [-0.4, -0.2) is 63.6 Å². The van der Waals surface area contributed by atoms with Crippen molar-refractivity contribution in [1.82, 2.24) is 0 Å². The summed E-state index contributed by atoms with van der Waals surface area (Å²) in [5.41, 5.74) is 0. The van der Waals surface area contributed by atoms with Gasteiger partial charge in [-0.15, -0.1) is 0 Å². The van der Waals surface area contributed by atoms with E-state index in [9.17, 15) is 5.11 Å². The second kappa shape index (κ2) is 52.3.